The minimum atomic E-state index is -0.240. The first kappa shape index (κ1) is 12.4. The van der Waals surface area contributed by atoms with Gasteiger partial charge in [0.1, 0.15) is 5.82 Å². The number of nitrogens with one attached hydrogen (secondary N) is 1. The Bertz CT molecular complexity index is 497. The van der Waals surface area contributed by atoms with E-state index in [4.69, 9.17) is 0 Å². The van der Waals surface area contributed by atoms with Crippen LogP contribution in [0.3, 0.4) is 0 Å². The highest BCUT2D eigenvalue weighted by Gasteiger charge is 2.09. The number of alkyl halides is 1. The van der Waals surface area contributed by atoms with Crippen molar-refractivity contribution in [1.82, 2.24) is 9.97 Å². The second-order valence-electron chi connectivity index (χ2n) is 3.84. The molecule has 0 fully saturated rings. The molecule has 5 heteroatoms. The molecule has 2 aromatic rings. The molecule has 1 N–H and O–H groups in total. The Morgan fingerprint density at radius 2 is 2.29 bits per heavy atom. The van der Waals surface area contributed by atoms with Gasteiger partial charge in [0, 0.05) is 18.4 Å². The van der Waals surface area contributed by atoms with Crippen molar-refractivity contribution in [3.63, 3.8) is 0 Å². The lowest BCUT2D eigenvalue weighted by Crippen LogP contribution is -2.25. The number of hydrogen-bond acceptors (Lipinski definition) is 2. The molecule has 17 heavy (non-hydrogen) atoms. The lowest BCUT2D eigenvalue weighted by molar-refractivity contribution is 0.629. The van der Waals surface area contributed by atoms with Crippen LogP contribution >= 0.6 is 15.9 Å². The highest BCUT2D eigenvalue weighted by atomic mass is 79.9. The Hall–Kier alpha value is -1.10. The average molecular weight is 300 g/mol. The molecule has 0 aliphatic rings. The van der Waals surface area contributed by atoms with Gasteiger partial charge in [-0.3, -0.25) is 0 Å². The van der Waals surface area contributed by atoms with Crippen molar-refractivity contribution >= 4 is 32.9 Å². The third-order valence-electron chi connectivity index (χ3n) is 2.67. The monoisotopic (exact) mass is 299 g/mol. The molecule has 0 saturated heterocycles. The topological polar surface area (TPSA) is 31.9 Å². The van der Waals surface area contributed by atoms with E-state index in [1.807, 2.05) is 0 Å². The van der Waals surface area contributed by atoms with Crippen LogP contribution in [0.25, 0.3) is 11.0 Å². The van der Waals surface area contributed by atoms with Gasteiger partial charge in [0.2, 0.25) is 5.95 Å². The predicted octanol–water partition coefficient (Wildman–Crippen LogP) is 3.31. The number of imidazole rings is 1. The van der Waals surface area contributed by atoms with Crippen molar-refractivity contribution in [3.8, 4) is 0 Å². The van der Waals surface area contributed by atoms with E-state index in [1.165, 1.54) is 12.1 Å². The molecule has 3 nitrogen and oxygen atoms in total. The van der Waals surface area contributed by atoms with E-state index in [1.54, 1.807) is 6.07 Å². The van der Waals surface area contributed by atoms with Crippen LogP contribution in [0.2, 0.25) is 0 Å². The van der Waals surface area contributed by atoms with E-state index in [2.05, 4.69) is 37.7 Å². The van der Waals surface area contributed by atoms with Gasteiger partial charge in [-0.25, -0.2) is 9.37 Å². The van der Waals surface area contributed by atoms with E-state index in [0.29, 0.717) is 0 Å². The van der Waals surface area contributed by atoms with Crippen molar-refractivity contribution < 1.29 is 4.39 Å². The molecule has 0 aliphatic carbocycles. The van der Waals surface area contributed by atoms with Crippen LogP contribution < -0.4 is 4.90 Å². The quantitative estimate of drug-likeness (QED) is 0.859. The smallest absolute Gasteiger partial charge is 0.203 e. The molecule has 0 saturated carbocycles. The summed E-state index contributed by atoms with van der Waals surface area (Å²) in [5.41, 5.74) is 1.55. The second kappa shape index (κ2) is 5.49. The Morgan fingerprint density at radius 1 is 1.47 bits per heavy atom. The van der Waals surface area contributed by atoms with Gasteiger partial charge >= 0.3 is 0 Å². The maximum absolute atomic E-state index is 13.1. The molecule has 0 amide bonds. The summed E-state index contributed by atoms with van der Waals surface area (Å²) < 4.78 is 13.1. The Morgan fingerprint density at radius 3 is 3.00 bits per heavy atom. The summed E-state index contributed by atoms with van der Waals surface area (Å²) in [4.78, 5) is 9.77. The third-order valence-corrected chi connectivity index (χ3v) is 3.24. The van der Waals surface area contributed by atoms with Gasteiger partial charge in [0.25, 0.3) is 0 Å². The zero-order valence-electron chi connectivity index (χ0n) is 9.71. The molecule has 1 aromatic carbocycles. The van der Waals surface area contributed by atoms with E-state index in [0.717, 1.165) is 41.8 Å². The molecule has 0 bridgehead atoms. The summed E-state index contributed by atoms with van der Waals surface area (Å²) in [6.07, 6.45) is 1.05. The average Bonchev–Trinajstić information content (AvgIpc) is 2.72. The molecule has 1 heterocycles. The predicted molar refractivity (Wildman–Crippen MR) is 72.3 cm³/mol. The highest BCUT2D eigenvalue weighted by Crippen LogP contribution is 2.18. The number of halogens is 2. The summed E-state index contributed by atoms with van der Waals surface area (Å²) in [6, 6.07) is 4.61. The molecule has 1 aromatic heterocycles. The van der Waals surface area contributed by atoms with E-state index in [9.17, 15) is 4.39 Å². The first-order valence-corrected chi connectivity index (χ1v) is 6.83. The zero-order valence-corrected chi connectivity index (χ0v) is 11.3. The molecule has 0 radical (unpaired) electrons. The van der Waals surface area contributed by atoms with Gasteiger partial charge in [0.05, 0.1) is 11.0 Å². The first-order valence-electron chi connectivity index (χ1n) is 5.70. The lowest BCUT2D eigenvalue weighted by atomic mass is 10.3. The Labute approximate surface area is 108 Å². The van der Waals surface area contributed by atoms with Crippen LogP contribution in [-0.4, -0.2) is 28.4 Å². The Kier molecular flexibility index (Phi) is 3.99. The van der Waals surface area contributed by atoms with Crippen LogP contribution in [0.15, 0.2) is 18.2 Å². The van der Waals surface area contributed by atoms with Gasteiger partial charge in [-0.15, -0.1) is 0 Å². The van der Waals surface area contributed by atoms with E-state index < -0.39 is 0 Å². The summed E-state index contributed by atoms with van der Waals surface area (Å²) in [5.74, 6) is 0.574. The standard InChI is InChI=1S/C12H15BrFN3/c1-2-17(7-3-6-13)12-15-10-5-4-9(14)8-11(10)16-12/h4-5,8H,2-3,6-7H2,1H3,(H,15,16). The fourth-order valence-corrected chi connectivity index (χ4v) is 2.03. The van der Waals surface area contributed by atoms with Crippen molar-refractivity contribution in [1.29, 1.82) is 0 Å². The molecule has 0 atom stereocenters. The van der Waals surface area contributed by atoms with Crippen LogP contribution in [0.4, 0.5) is 10.3 Å². The molecular formula is C12H15BrFN3. The van der Waals surface area contributed by atoms with Gasteiger partial charge in [0.15, 0.2) is 0 Å². The van der Waals surface area contributed by atoms with Crippen LogP contribution in [-0.2, 0) is 0 Å². The lowest BCUT2D eigenvalue weighted by Gasteiger charge is -2.18. The highest BCUT2D eigenvalue weighted by molar-refractivity contribution is 9.09. The number of H-pyrrole nitrogens is 1. The molecule has 2 rings (SSSR count). The number of hydrogen-bond donors (Lipinski definition) is 1. The summed E-state index contributed by atoms with van der Waals surface area (Å²) in [7, 11) is 0. The minimum absolute atomic E-state index is 0.240. The van der Waals surface area contributed by atoms with Crippen molar-refractivity contribution in [2.45, 2.75) is 13.3 Å². The minimum Gasteiger partial charge on any atom is -0.343 e. The van der Waals surface area contributed by atoms with E-state index in [-0.39, 0.29) is 5.82 Å². The van der Waals surface area contributed by atoms with Crippen molar-refractivity contribution in [2.75, 3.05) is 23.3 Å². The van der Waals surface area contributed by atoms with Crippen LogP contribution in [0.1, 0.15) is 13.3 Å². The van der Waals surface area contributed by atoms with Gasteiger partial charge < -0.3 is 9.88 Å². The van der Waals surface area contributed by atoms with E-state index >= 15 is 0 Å². The number of nitrogens with zero attached hydrogens (tertiary/aromatic N) is 2. The molecule has 0 aliphatic heterocycles. The molecule has 0 spiro atoms. The number of rotatable bonds is 5. The maximum atomic E-state index is 13.1. The Balaban J connectivity index is 2.27. The van der Waals surface area contributed by atoms with Crippen molar-refractivity contribution in [2.24, 2.45) is 0 Å². The fourth-order valence-electron chi connectivity index (χ4n) is 1.78. The number of benzene rings is 1. The zero-order chi connectivity index (χ0) is 12.3. The van der Waals surface area contributed by atoms with Gasteiger partial charge in [-0.1, -0.05) is 15.9 Å². The molecule has 0 unspecified atom stereocenters. The normalized spacial score (nSPS) is 11.0. The van der Waals surface area contributed by atoms with Gasteiger partial charge in [-0.05, 0) is 31.5 Å². The third kappa shape index (κ3) is 2.77. The number of fused-ring (bicyclic) bond motifs is 1. The molecule has 92 valence electrons. The first-order chi connectivity index (χ1) is 8.24. The number of aromatic nitrogens is 2. The summed E-state index contributed by atoms with van der Waals surface area (Å²) in [6.45, 7) is 3.90. The summed E-state index contributed by atoms with van der Waals surface area (Å²) in [5, 5.41) is 0.971. The molecular weight excluding hydrogens is 285 g/mol. The number of aromatic amines is 1. The van der Waals surface area contributed by atoms with Crippen molar-refractivity contribution in [3.05, 3.63) is 24.0 Å². The second-order valence-corrected chi connectivity index (χ2v) is 4.64. The fraction of sp³-hybridized carbons (Fsp3) is 0.417. The number of anilines is 1. The summed E-state index contributed by atoms with van der Waals surface area (Å²) >= 11 is 3.42. The maximum Gasteiger partial charge on any atom is 0.203 e. The van der Waals surface area contributed by atoms with Crippen LogP contribution in [0.5, 0.6) is 0 Å². The van der Waals surface area contributed by atoms with Gasteiger partial charge in [-0.2, -0.15) is 0 Å². The SMILES string of the molecule is CCN(CCCBr)c1nc2ccc(F)cc2[nH]1. The largest absolute Gasteiger partial charge is 0.343 e. The van der Waals surface area contributed by atoms with Crippen LogP contribution in [0, 0.1) is 5.82 Å².